The van der Waals surface area contributed by atoms with E-state index in [1.54, 1.807) is 48.9 Å². The van der Waals surface area contributed by atoms with Gasteiger partial charge >= 0.3 is 5.82 Å². The maximum absolute atomic E-state index is 14.3. The molecule has 2 aliphatic rings. The molecule has 0 saturated carbocycles. The SMILES string of the molecule is [C-]#[N+]c1nn(CCNC(=O)CCOCCOCCOCCOCCC(=O)N[C@H]2C[C@@H](C(=O)N[C@H](CC)c3ccccc3)N(C(=O)[C@@H](NC(=O)C(C)NC)C(C)(C)C)C2)c2c1-c1cnc(N)c(c1)O[C@H](C)c1cc(C)ccc1C(=O)N(C)C2. The number of carbonyl (C=O) groups is 6. The fraction of sp³-hybridized carbons (Fsp3) is 0.542. The normalized spacial score (nSPS) is 17.2. The number of rotatable bonds is 27. The second kappa shape index (κ2) is 30.5. The third-order valence-electron chi connectivity index (χ3n) is 14.3. The van der Waals surface area contributed by atoms with Gasteiger partial charge in [0.15, 0.2) is 11.6 Å². The van der Waals surface area contributed by atoms with Crippen molar-refractivity contribution in [3.8, 4) is 16.9 Å². The van der Waals surface area contributed by atoms with Gasteiger partial charge in [0.05, 0.1) is 83.7 Å². The molecule has 1 saturated heterocycles. The minimum atomic E-state index is -0.934. The van der Waals surface area contributed by atoms with Crippen LogP contribution in [-0.2, 0) is 56.0 Å². The number of ether oxygens (including phenoxy) is 5. The van der Waals surface area contributed by atoms with Crippen molar-refractivity contribution in [3.05, 3.63) is 100 Å². The van der Waals surface area contributed by atoms with E-state index in [-0.39, 0.29) is 132 Å². The molecule has 1 unspecified atom stereocenters. The minimum absolute atomic E-state index is 0.0535. The molecule has 2 aliphatic heterocycles. The number of aromatic nitrogens is 3. The highest BCUT2D eigenvalue weighted by Gasteiger charge is 2.46. The highest BCUT2D eigenvalue weighted by molar-refractivity contribution is 5.96. The standard InChI is InChI=1S/C59H82N12O11/c1-11-45(40-15-13-12-14-16-40)66-56(75)46-33-42(35-70(46)58(77)52(59(5,6)7)67-55(74)38(3)61-8)65-50(73)20-24-79-26-28-81-30-29-80-27-25-78-23-19-49(72)63-21-22-71-47-36-69(10)57(76)43-18-17-37(2)31-44(43)39(4)82-48-32-41(34-64-53(48)60)51(47)54(62-9)68-71/h12-18,31-32,34,38-39,42,45-46,52,61H,11,19-30,33,35-36H2,1-8,10H3,(H2,60,64)(H,63,72)(H,65,73)(H,66,75)(H,67,74)/t38?,39-,42+,45-,46+,52-/m1/s1. The van der Waals surface area contributed by atoms with Crippen molar-refractivity contribution in [1.82, 2.24) is 51.1 Å². The van der Waals surface area contributed by atoms with Crippen molar-refractivity contribution < 1.29 is 52.5 Å². The lowest BCUT2D eigenvalue weighted by Crippen LogP contribution is -2.59. The van der Waals surface area contributed by atoms with Gasteiger partial charge in [0.1, 0.15) is 18.2 Å². The van der Waals surface area contributed by atoms with Crippen molar-refractivity contribution in [2.75, 3.05) is 85.8 Å². The molecule has 23 heteroatoms. The first kappa shape index (κ1) is 63.7. The first-order valence-corrected chi connectivity index (χ1v) is 28.0. The predicted octanol–water partition coefficient (Wildman–Crippen LogP) is 4.57. The largest absolute Gasteiger partial charge is 0.482 e. The average Bonchev–Trinajstić information content (AvgIpc) is 4.27. The number of fused-ring (bicyclic) bond motifs is 5. The number of benzene rings is 2. The zero-order valence-electron chi connectivity index (χ0n) is 48.8. The van der Waals surface area contributed by atoms with E-state index in [0.717, 1.165) is 11.1 Å². The number of likely N-dealkylation sites (tertiary alicyclic amines) is 1. The topological polar surface area (TPSA) is 276 Å². The molecule has 82 heavy (non-hydrogen) atoms. The summed E-state index contributed by atoms with van der Waals surface area (Å²) in [5.74, 6) is -1.26. The summed E-state index contributed by atoms with van der Waals surface area (Å²) in [4.78, 5) is 92.4. The Morgan fingerprint density at radius 3 is 2.18 bits per heavy atom. The molecule has 0 radical (unpaired) electrons. The average molecular weight is 1140 g/mol. The van der Waals surface area contributed by atoms with E-state index < -0.39 is 41.6 Å². The fourth-order valence-electron chi connectivity index (χ4n) is 9.66. The molecule has 4 aromatic rings. The summed E-state index contributed by atoms with van der Waals surface area (Å²) in [6, 6.07) is 13.7. The van der Waals surface area contributed by atoms with Crippen molar-refractivity contribution >= 4 is 47.1 Å². The highest BCUT2D eigenvalue weighted by Crippen LogP contribution is 2.39. The predicted molar refractivity (Wildman–Crippen MR) is 307 cm³/mol. The van der Waals surface area contributed by atoms with Gasteiger partial charge in [-0.25, -0.2) is 4.98 Å². The molecule has 6 atom stereocenters. The number of hydrogen-bond donors (Lipinski definition) is 6. The summed E-state index contributed by atoms with van der Waals surface area (Å²) in [5.41, 5.74) is 10.3. The van der Waals surface area contributed by atoms with Crippen LogP contribution in [-0.4, -0.2) is 164 Å². The summed E-state index contributed by atoms with van der Waals surface area (Å²) in [6.45, 7) is 23.6. The van der Waals surface area contributed by atoms with Crippen LogP contribution in [0.15, 0.2) is 60.8 Å². The number of nitrogens with one attached hydrogen (secondary N) is 5. The van der Waals surface area contributed by atoms with Gasteiger partial charge in [-0.2, -0.15) is 4.68 Å². The molecule has 1 fully saturated rings. The zero-order valence-corrected chi connectivity index (χ0v) is 48.8. The van der Waals surface area contributed by atoms with Gasteiger partial charge < -0.3 is 70.6 Å². The number of likely N-dealkylation sites (N-methyl/N-ethyl adjacent to an activating group) is 1. The van der Waals surface area contributed by atoms with Crippen LogP contribution >= 0.6 is 0 Å². The molecule has 6 amide bonds. The van der Waals surface area contributed by atoms with E-state index in [1.165, 1.54) is 4.90 Å². The summed E-state index contributed by atoms with van der Waals surface area (Å²) < 4.78 is 30.4. The lowest BCUT2D eigenvalue weighted by molar-refractivity contribution is -0.144. The molecule has 23 nitrogen and oxygen atoms in total. The Kier molecular flexibility index (Phi) is 23.7. The van der Waals surface area contributed by atoms with E-state index >= 15 is 0 Å². The molecule has 444 valence electrons. The van der Waals surface area contributed by atoms with Gasteiger partial charge in [-0.1, -0.05) is 82.3 Å². The summed E-state index contributed by atoms with van der Waals surface area (Å²) >= 11 is 0. The number of aryl methyl sites for hydroxylation is 1. The Hall–Kier alpha value is -7.49. The van der Waals surface area contributed by atoms with Gasteiger partial charge in [-0.05, 0) is 74.4 Å². The Balaban J connectivity index is 0.865. The van der Waals surface area contributed by atoms with E-state index in [1.807, 2.05) is 84.0 Å². The van der Waals surface area contributed by atoms with Crippen LogP contribution < -0.4 is 37.1 Å². The fourth-order valence-corrected chi connectivity index (χ4v) is 9.66. The van der Waals surface area contributed by atoms with Crippen LogP contribution in [0.25, 0.3) is 16.0 Å². The van der Waals surface area contributed by atoms with E-state index in [4.69, 9.17) is 36.0 Å². The maximum Gasteiger partial charge on any atom is 0.303 e. The molecule has 2 aromatic heterocycles. The number of nitrogen functional groups attached to an aromatic ring is 1. The Morgan fingerprint density at radius 1 is 0.915 bits per heavy atom. The van der Waals surface area contributed by atoms with E-state index in [9.17, 15) is 28.8 Å². The molecular weight excluding hydrogens is 1050 g/mol. The van der Waals surface area contributed by atoms with Gasteiger partial charge in [-0.15, -0.1) is 0 Å². The van der Waals surface area contributed by atoms with E-state index in [2.05, 4.69) is 41.5 Å². The third-order valence-corrected chi connectivity index (χ3v) is 14.3. The molecule has 6 rings (SSSR count). The lowest BCUT2D eigenvalue weighted by Gasteiger charge is -2.36. The van der Waals surface area contributed by atoms with Crippen LogP contribution in [0.3, 0.4) is 0 Å². The summed E-state index contributed by atoms with van der Waals surface area (Å²) in [5, 5.41) is 19.4. The van der Waals surface area contributed by atoms with Crippen molar-refractivity contribution in [3.63, 3.8) is 0 Å². The molecule has 7 N–H and O–H groups in total. The molecule has 0 aliphatic carbocycles. The quantitative estimate of drug-likeness (QED) is 0.0353. The Labute approximate surface area is 480 Å². The maximum atomic E-state index is 14.3. The van der Waals surface area contributed by atoms with Crippen molar-refractivity contribution in [2.24, 2.45) is 5.41 Å². The summed E-state index contributed by atoms with van der Waals surface area (Å²) in [6.07, 6.45) is 2.01. The Bertz CT molecular complexity index is 2870. The molecular formula is C59H82N12O11. The van der Waals surface area contributed by atoms with Gasteiger partial charge in [-0.3, -0.25) is 28.8 Å². The number of amides is 6. The first-order valence-electron chi connectivity index (χ1n) is 28.0. The molecule has 2 aromatic carbocycles. The molecule has 0 spiro atoms. The lowest BCUT2D eigenvalue weighted by atomic mass is 9.85. The number of pyridine rings is 1. The monoisotopic (exact) mass is 1130 g/mol. The van der Waals surface area contributed by atoms with Crippen LogP contribution in [0.1, 0.15) is 112 Å². The minimum Gasteiger partial charge on any atom is -0.482 e. The van der Waals surface area contributed by atoms with Crippen LogP contribution in [0.2, 0.25) is 0 Å². The van der Waals surface area contributed by atoms with Gasteiger partial charge in [0.2, 0.25) is 29.5 Å². The smallest absolute Gasteiger partial charge is 0.303 e. The van der Waals surface area contributed by atoms with E-state index in [0.29, 0.717) is 53.3 Å². The number of nitrogens with two attached hydrogens (primary N) is 1. The molecule has 4 heterocycles. The van der Waals surface area contributed by atoms with Crippen LogP contribution in [0, 0.1) is 18.9 Å². The number of nitrogens with zero attached hydrogens (tertiary/aromatic N) is 6. The van der Waals surface area contributed by atoms with Gasteiger partial charge in [0, 0.05) is 61.9 Å². The van der Waals surface area contributed by atoms with Crippen molar-refractivity contribution in [1.29, 1.82) is 0 Å². The molecule has 2 bridgehead atoms. The number of hydrogen-bond acceptors (Lipinski definition) is 15. The summed E-state index contributed by atoms with van der Waals surface area (Å²) in [7, 11) is 3.35. The van der Waals surface area contributed by atoms with Crippen LogP contribution in [0.5, 0.6) is 5.75 Å². The number of carbonyl (C=O) groups excluding carboxylic acids is 6. The second-order valence-corrected chi connectivity index (χ2v) is 21.6. The second-order valence-electron chi connectivity index (χ2n) is 21.6. The van der Waals surface area contributed by atoms with Gasteiger partial charge in [0.25, 0.3) is 5.91 Å². The van der Waals surface area contributed by atoms with Crippen LogP contribution in [0.4, 0.5) is 11.6 Å². The first-order chi connectivity index (χ1) is 39.2. The third kappa shape index (κ3) is 17.5. The van der Waals surface area contributed by atoms with Crippen molar-refractivity contribution in [2.45, 2.75) is 124 Å². The highest BCUT2D eigenvalue weighted by atomic mass is 16.6. The number of anilines is 1. The zero-order chi connectivity index (χ0) is 59.5. The Morgan fingerprint density at radius 2 is 1.56 bits per heavy atom.